The topological polar surface area (TPSA) is 156 Å². The van der Waals surface area contributed by atoms with Gasteiger partial charge in [-0.15, -0.1) is 0 Å². The van der Waals surface area contributed by atoms with Gasteiger partial charge in [0.25, 0.3) is 11.5 Å². The van der Waals surface area contributed by atoms with Gasteiger partial charge in [0.05, 0.1) is 30.7 Å². The molecule has 14 heteroatoms. The van der Waals surface area contributed by atoms with Crippen LogP contribution >= 0.6 is 0 Å². The van der Waals surface area contributed by atoms with Gasteiger partial charge in [-0.25, -0.2) is 9.78 Å². The molecule has 41 heavy (non-hydrogen) atoms. The van der Waals surface area contributed by atoms with Gasteiger partial charge < -0.3 is 60.0 Å². The number of carbonyl (C=O) groups is 2. The van der Waals surface area contributed by atoms with Crippen molar-refractivity contribution in [2.45, 2.75) is 44.0 Å². The molecule has 12 nitrogen and oxygen atoms in total. The van der Waals surface area contributed by atoms with E-state index in [-0.39, 0.29) is 61.1 Å². The second-order valence-corrected chi connectivity index (χ2v) is 10.1. The summed E-state index contributed by atoms with van der Waals surface area (Å²) in [5, 5.41) is 5.91. The molecule has 1 aromatic carbocycles. The Labute approximate surface area is 248 Å². The highest BCUT2D eigenvalue weighted by atomic mass is 35.5. The summed E-state index contributed by atoms with van der Waals surface area (Å²) in [4.78, 5) is 43.3. The van der Waals surface area contributed by atoms with E-state index in [1.165, 1.54) is 0 Å². The molecule has 1 saturated heterocycles. The minimum Gasteiger partial charge on any atom is -1.00 e. The van der Waals surface area contributed by atoms with Crippen LogP contribution in [0.1, 0.15) is 19.3 Å². The third-order valence-corrected chi connectivity index (χ3v) is 7.51. The standard InChI is InChI=1S/C27H30N6O6.2ClH/c28-9-12-37-18-4-1-16-2-8-25(35)32(20(16)14-18)11-10-29-17-3-5-19-22(13-17)39-27(36)33(19)23-7-6-21-26(30-23)31-24(34)15-38-21;;/h1-2,4,6-8,14,17,19,22,29H,3,5,9-13,15,28H2,(H,30,31,34);2*1H. The van der Waals surface area contributed by atoms with Gasteiger partial charge in [0.15, 0.2) is 18.2 Å². The van der Waals surface area contributed by atoms with E-state index in [1.54, 1.807) is 27.7 Å². The Morgan fingerprint density at radius 2 is 1.93 bits per heavy atom. The van der Waals surface area contributed by atoms with Gasteiger partial charge in [-0.3, -0.25) is 14.5 Å². The van der Waals surface area contributed by atoms with Gasteiger partial charge in [-0.05, 0) is 42.1 Å². The number of quaternary nitrogens is 2. The molecular weight excluding hydrogens is 575 g/mol. The Balaban J connectivity index is 0.00000194. The SMILES string of the molecule is [Cl-].[Cl-].[NH3+]CCOc1ccc2ccc(=O)n(CC[NH2+]C3CCC4C(C3)OC(=O)N4c3ccc4c(n3)NC(=O)CO4)c2c1. The predicted molar refractivity (Wildman–Crippen MR) is 141 cm³/mol. The molecule has 3 aliphatic rings. The number of hydrogen-bond acceptors (Lipinski definition) is 7. The molecule has 0 radical (unpaired) electrons. The van der Waals surface area contributed by atoms with E-state index >= 15 is 0 Å². The fourth-order valence-corrected chi connectivity index (χ4v) is 5.67. The van der Waals surface area contributed by atoms with Crippen LogP contribution in [0.2, 0.25) is 0 Å². The summed E-state index contributed by atoms with van der Waals surface area (Å²) in [5.74, 6) is 1.68. The second kappa shape index (κ2) is 12.9. The Kier molecular flexibility index (Phi) is 9.59. The number of halogens is 2. The van der Waals surface area contributed by atoms with Crippen molar-refractivity contribution in [3.63, 3.8) is 0 Å². The van der Waals surface area contributed by atoms with E-state index in [0.29, 0.717) is 43.5 Å². The van der Waals surface area contributed by atoms with Crippen LogP contribution in [0.15, 0.2) is 47.3 Å². The number of aromatic nitrogens is 2. The molecule has 220 valence electrons. The van der Waals surface area contributed by atoms with Crippen molar-refractivity contribution in [1.29, 1.82) is 0 Å². The maximum absolute atomic E-state index is 12.8. The van der Waals surface area contributed by atoms with Crippen LogP contribution in [0, 0.1) is 0 Å². The number of amides is 2. The van der Waals surface area contributed by atoms with Crippen molar-refractivity contribution in [2.24, 2.45) is 0 Å². The number of anilines is 2. The van der Waals surface area contributed by atoms with Gasteiger partial charge in [0.1, 0.15) is 30.8 Å². The quantitative estimate of drug-likeness (QED) is 0.230. The number of pyridine rings is 2. The van der Waals surface area contributed by atoms with Gasteiger partial charge in [0.2, 0.25) is 0 Å². The number of fused-ring (bicyclic) bond motifs is 3. The number of rotatable bonds is 8. The number of benzene rings is 1. The number of nitrogens with one attached hydrogen (secondary N) is 1. The average molecular weight is 607 g/mol. The summed E-state index contributed by atoms with van der Waals surface area (Å²) in [5.41, 5.74) is 4.61. The van der Waals surface area contributed by atoms with Crippen LogP contribution in [0.4, 0.5) is 16.4 Å². The first kappa shape index (κ1) is 30.4. The zero-order valence-electron chi connectivity index (χ0n) is 22.3. The van der Waals surface area contributed by atoms with Crippen LogP contribution in [-0.4, -0.2) is 66.0 Å². The third kappa shape index (κ3) is 6.20. The number of nitrogens with zero attached hydrogens (tertiary/aromatic N) is 3. The summed E-state index contributed by atoms with van der Waals surface area (Å²) in [6, 6.07) is 12.8. The van der Waals surface area contributed by atoms with Crippen molar-refractivity contribution in [2.75, 3.05) is 36.5 Å². The molecule has 0 bridgehead atoms. The highest BCUT2D eigenvalue weighted by Crippen LogP contribution is 2.36. The smallest absolute Gasteiger partial charge is 0.416 e. The zero-order chi connectivity index (χ0) is 26.9. The molecule has 2 fully saturated rings. The number of hydrogen-bond donors (Lipinski definition) is 3. The molecule has 3 unspecified atom stereocenters. The Hall–Kier alpha value is -3.58. The lowest BCUT2D eigenvalue weighted by atomic mass is 9.88. The molecule has 6 N–H and O–H groups in total. The molecule has 2 aromatic heterocycles. The van der Waals surface area contributed by atoms with Crippen molar-refractivity contribution in [3.05, 3.63) is 52.8 Å². The Bertz CT molecular complexity index is 1490. The van der Waals surface area contributed by atoms with E-state index < -0.39 is 6.09 Å². The van der Waals surface area contributed by atoms with Crippen LogP contribution < -0.4 is 61.1 Å². The highest BCUT2D eigenvalue weighted by molar-refractivity contribution is 5.95. The minimum atomic E-state index is -0.430. The van der Waals surface area contributed by atoms with Crippen LogP contribution in [-0.2, 0) is 16.1 Å². The lowest BCUT2D eigenvalue weighted by Crippen LogP contribution is -3.00. The molecule has 2 amide bonds. The van der Waals surface area contributed by atoms with Gasteiger partial charge in [-0.2, -0.15) is 0 Å². The minimum absolute atomic E-state index is 0. The summed E-state index contributed by atoms with van der Waals surface area (Å²) in [6.45, 7) is 2.41. The lowest BCUT2D eigenvalue weighted by molar-refractivity contribution is -0.693. The van der Waals surface area contributed by atoms with Crippen LogP contribution in [0.5, 0.6) is 11.5 Å². The first-order valence-electron chi connectivity index (χ1n) is 13.3. The van der Waals surface area contributed by atoms with E-state index in [2.05, 4.69) is 21.4 Å². The fourth-order valence-electron chi connectivity index (χ4n) is 5.67. The van der Waals surface area contributed by atoms with Gasteiger partial charge in [0, 0.05) is 25.0 Å². The number of ether oxygens (including phenoxy) is 3. The summed E-state index contributed by atoms with van der Waals surface area (Å²) in [6.07, 6.45) is 1.70. The average Bonchev–Trinajstić information content (AvgIpc) is 3.27. The molecule has 3 atom stereocenters. The monoisotopic (exact) mass is 606 g/mol. The van der Waals surface area contributed by atoms with Crippen LogP contribution in [0.25, 0.3) is 10.9 Å². The molecule has 3 aromatic rings. The Morgan fingerprint density at radius 1 is 1.10 bits per heavy atom. The van der Waals surface area contributed by atoms with E-state index in [0.717, 1.165) is 36.0 Å². The van der Waals surface area contributed by atoms with Crippen LogP contribution in [0.3, 0.4) is 0 Å². The lowest BCUT2D eigenvalue weighted by Gasteiger charge is -2.31. The molecular formula is C27H32Cl2N6O6. The first-order chi connectivity index (χ1) is 19.0. The summed E-state index contributed by atoms with van der Waals surface area (Å²) < 4.78 is 18.6. The number of carbonyl (C=O) groups excluding carboxylic acids is 2. The number of nitrogens with two attached hydrogens (primary N) is 1. The van der Waals surface area contributed by atoms with E-state index in [9.17, 15) is 14.4 Å². The largest absolute Gasteiger partial charge is 1.00 e. The molecule has 4 heterocycles. The molecule has 6 rings (SSSR count). The van der Waals surface area contributed by atoms with Crippen molar-refractivity contribution >= 4 is 34.5 Å². The second-order valence-electron chi connectivity index (χ2n) is 10.1. The molecule has 1 saturated carbocycles. The van der Waals surface area contributed by atoms with Crippen molar-refractivity contribution < 1.29 is 59.7 Å². The van der Waals surface area contributed by atoms with Crippen molar-refractivity contribution in [1.82, 2.24) is 9.55 Å². The van der Waals surface area contributed by atoms with Crippen molar-refractivity contribution in [3.8, 4) is 11.5 Å². The highest BCUT2D eigenvalue weighted by Gasteiger charge is 2.47. The molecule has 2 aliphatic heterocycles. The van der Waals surface area contributed by atoms with Gasteiger partial charge in [-0.1, -0.05) is 0 Å². The molecule has 1 aliphatic carbocycles. The molecule has 0 spiro atoms. The van der Waals surface area contributed by atoms with Gasteiger partial charge >= 0.3 is 6.09 Å². The normalized spacial score (nSPS) is 21.0. The fraction of sp³-hybridized carbons (Fsp3) is 0.407. The zero-order valence-corrected chi connectivity index (χ0v) is 23.8. The van der Waals surface area contributed by atoms with E-state index in [4.69, 9.17) is 14.2 Å². The maximum atomic E-state index is 12.8. The predicted octanol–water partition coefficient (Wildman–Crippen LogP) is -6.13. The Morgan fingerprint density at radius 3 is 2.76 bits per heavy atom. The van der Waals surface area contributed by atoms with E-state index in [1.807, 2.05) is 24.3 Å². The maximum Gasteiger partial charge on any atom is 0.416 e. The summed E-state index contributed by atoms with van der Waals surface area (Å²) >= 11 is 0. The summed E-state index contributed by atoms with van der Waals surface area (Å²) in [7, 11) is 0. The third-order valence-electron chi connectivity index (χ3n) is 7.51. The first-order valence-corrected chi connectivity index (χ1v) is 13.3.